The minimum atomic E-state index is -0.0164. The van der Waals surface area contributed by atoms with Gasteiger partial charge in [-0.05, 0) is 42.8 Å². The Morgan fingerprint density at radius 3 is 1.45 bits per heavy atom. The summed E-state index contributed by atoms with van der Waals surface area (Å²) in [5, 5.41) is 1.90. The van der Waals surface area contributed by atoms with Crippen molar-refractivity contribution < 1.29 is 18.4 Å². The fourth-order valence-corrected chi connectivity index (χ4v) is 4.25. The van der Waals surface area contributed by atoms with Crippen LogP contribution in [0.5, 0.6) is 0 Å². The normalized spacial score (nSPS) is 10.5. The van der Waals surface area contributed by atoms with Gasteiger partial charge in [-0.3, -0.25) is 9.59 Å². The molecule has 0 bridgehead atoms. The van der Waals surface area contributed by atoms with E-state index in [0.717, 1.165) is 28.4 Å². The number of rotatable bonds is 7. The van der Waals surface area contributed by atoms with Crippen LogP contribution >= 0.6 is 0 Å². The molecule has 0 fully saturated rings. The fraction of sp³-hybridized carbons (Fsp3) is 0.294. The second-order valence-electron chi connectivity index (χ2n) is 8.90. The summed E-state index contributed by atoms with van der Waals surface area (Å²) >= 11 is 0. The maximum absolute atomic E-state index is 13.2. The lowest BCUT2D eigenvalue weighted by atomic mass is 9.90. The molecule has 3 aromatic carbocycles. The average Bonchev–Trinajstić information content (AvgIpc) is 3.58. The van der Waals surface area contributed by atoms with E-state index in [1.165, 1.54) is 6.42 Å². The topological polar surface area (TPSA) is 60.4 Å². The number of carbonyl (C=O) groups excluding carboxylic acids is 2. The molecule has 0 aliphatic carbocycles. The first-order valence-electron chi connectivity index (χ1n) is 13.7. The summed E-state index contributed by atoms with van der Waals surface area (Å²) in [5.41, 5.74) is 3.83. The molecule has 5 rings (SSSR count). The third-order valence-electron chi connectivity index (χ3n) is 5.94. The van der Waals surface area contributed by atoms with E-state index in [0.29, 0.717) is 46.6 Å². The molecule has 0 radical (unpaired) electrons. The predicted octanol–water partition coefficient (Wildman–Crippen LogP) is 10.5. The zero-order valence-electron chi connectivity index (χ0n) is 23.4. The molecular weight excluding hydrogens is 472 g/mol. The molecule has 198 valence electrons. The van der Waals surface area contributed by atoms with Crippen LogP contribution in [0, 0.1) is 0 Å². The molecule has 4 nitrogen and oxygen atoms in total. The van der Waals surface area contributed by atoms with Crippen molar-refractivity contribution in [2.75, 3.05) is 0 Å². The molecular formula is C34H38O4. The highest BCUT2D eigenvalue weighted by Crippen LogP contribution is 2.38. The Morgan fingerprint density at radius 2 is 1.05 bits per heavy atom. The van der Waals surface area contributed by atoms with Crippen molar-refractivity contribution in [1.82, 2.24) is 0 Å². The smallest absolute Gasteiger partial charge is 0.163 e. The number of benzene rings is 3. The summed E-state index contributed by atoms with van der Waals surface area (Å²) in [5.74, 6) is 1.16. The molecule has 4 heteroatoms. The van der Waals surface area contributed by atoms with Gasteiger partial charge in [0.15, 0.2) is 11.6 Å². The lowest BCUT2D eigenvalue weighted by molar-refractivity contribution is 0.0973. The molecule has 2 heterocycles. The zero-order chi connectivity index (χ0) is 27.7. The second-order valence-corrected chi connectivity index (χ2v) is 8.90. The van der Waals surface area contributed by atoms with Crippen molar-refractivity contribution in [3.8, 4) is 22.6 Å². The maximum Gasteiger partial charge on any atom is 0.163 e. The van der Waals surface area contributed by atoms with E-state index < -0.39 is 0 Å². The number of hydrogen-bond donors (Lipinski definition) is 0. The van der Waals surface area contributed by atoms with Gasteiger partial charge in [0.05, 0.1) is 0 Å². The highest BCUT2D eigenvalue weighted by atomic mass is 16.3. The number of ketones is 2. The molecule has 0 saturated heterocycles. The molecule has 0 N–H and O–H groups in total. The van der Waals surface area contributed by atoms with Crippen LogP contribution in [-0.4, -0.2) is 11.6 Å². The van der Waals surface area contributed by atoms with Gasteiger partial charge in [-0.25, -0.2) is 0 Å². The van der Waals surface area contributed by atoms with E-state index in [-0.39, 0.29) is 11.6 Å². The van der Waals surface area contributed by atoms with Crippen LogP contribution < -0.4 is 0 Å². The van der Waals surface area contributed by atoms with Gasteiger partial charge in [0, 0.05) is 45.9 Å². The summed E-state index contributed by atoms with van der Waals surface area (Å²) < 4.78 is 12.2. The molecule has 2 aromatic heterocycles. The Balaban J connectivity index is 0.000000748. The molecule has 0 amide bonds. The van der Waals surface area contributed by atoms with Crippen LogP contribution in [0.1, 0.15) is 87.9 Å². The van der Waals surface area contributed by atoms with Crippen molar-refractivity contribution >= 4 is 33.5 Å². The highest BCUT2D eigenvalue weighted by Gasteiger charge is 2.23. The molecule has 38 heavy (non-hydrogen) atoms. The van der Waals surface area contributed by atoms with Gasteiger partial charge < -0.3 is 8.83 Å². The van der Waals surface area contributed by atoms with E-state index >= 15 is 0 Å². The number of carbonyl (C=O) groups is 2. The summed E-state index contributed by atoms with van der Waals surface area (Å²) in [4.78, 5) is 26.2. The van der Waals surface area contributed by atoms with Gasteiger partial charge in [0.1, 0.15) is 22.7 Å². The number of hydrogen-bond acceptors (Lipinski definition) is 4. The quantitative estimate of drug-likeness (QED) is 0.204. The number of Topliss-reactive ketones (excluding diaryl/α,β-unsaturated/α-hetero) is 2. The van der Waals surface area contributed by atoms with Crippen LogP contribution in [0.25, 0.3) is 44.6 Å². The first-order valence-corrected chi connectivity index (χ1v) is 13.7. The fourth-order valence-electron chi connectivity index (χ4n) is 4.25. The van der Waals surface area contributed by atoms with E-state index in [1.54, 1.807) is 12.1 Å². The van der Waals surface area contributed by atoms with Crippen molar-refractivity contribution in [2.24, 2.45) is 0 Å². The van der Waals surface area contributed by atoms with Crippen LogP contribution in [0.15, 0.2) is 81.6 Å². The number of fused-ring (bicyclic) bond motifs is 2. The Hall–Kier alpha value is -3.92. The van der Waals surface area contributed by atoms with Gasteiger partial charge in [0.25, 0.3) is 0 Å². The first-order chi connectivity index (χ1) is 18.5. The largest absolute Gasteiger partial charge is 0.456 e. The van der Waals surface area contributed by atoms with Crippen LogP contribution in [-0.2, 0) is 0 Å². The summed E-state index contributed by atoms with van der Waals surface area (Å²) in [6.07, 6.45) is 2.73. The van der Waals surface area contributed by atoms with E-state index in [9.17, 15) is 9.59 Å². The van der Waals surface area contributed by atoms with Gasteiger partial charge >= 0.3 is 0 Å². The average molecular weight is 511 g/mol. The van der Waals surface area contributed by atoms with Crippen LogP contribution in [0.2, 0.25) is 0 Å². The Kier molecular flexibility index (Phi) is 10.2. The minimum absolute atomic E-state index is 0.0146. The summed E-state index contributed by atoms with van der Waals surface area (Å²) in [6, 6.07) is 22.9. The molecule has 5 aromatic rings. The second kappa shape index (κ2) is 13.6. The lowest BCUT2D eigenvalue weighted by Crippen LogP contribution is -2.06. The predicted molar refractivity (Wildman–Crippen MR) is 158 cm³/mol. The Bertz CT molecular complexity index is 1450. The number of para-hydroxylation sites is 2. The molecule has 0 aliphatic rings. The SMILES string of the molecule is CC.CCC.CCCC(=O)c1cc(-c2cc3ccccc3o2)c(C(=O)CC)cc1-c1cc2ccccc2o1. The Morgan fingerprint density at radius 1 is 0.632 bits per heavy atom. The van der Waals surface area contributed by atoms with E-state index in [4.69, 9.17) is 8.83 Å². The molecule has 0 spiro atoms. The summed E-state index contributed by atoms with van der Waals surface area (Å²) in [6.45, 7) is 12.1. The lowest BCUT2D eigenvalue weighted by Gasteiger charge is -2.13. The van der Waals surface area contributed by atoms with Crippen LogP contribution in [0.4, 0.5) is 0 Å². The number of furan rings is 2. The van der Waals surface area contributed by atoms with Crippen molar-refractivity contribution in [3.63, 3.8) is 0 Å². The first kappa shape index (κ1) is 28.6. The van der Waals surface area contributed by atoms with Crippen molar-refractivity contribution in [2.45, 2.75) is 67.2 Å². The maximum atomic E-state index is 13.2. The zero-order valence-corrected chi connectivity index (χ0v) is 23.4. The van der Waals surface area contributed by atoms with Gasteiger partial charge in [0.2, 0.25) is 0 Å². The minimum Gasteiger partial charge on any atom is -0.456 e. The van der Waals surface area contributed by atoms with E-state index in [1.807, 2.05) is 88.4 Å². The van der Waals surface area contributed by atoms with Crippen molar-refractivity contribution in [1.29, 1.82) is 0 Å². The molecule has 0 saturated carbocycles. The third-order valence-corrected chi connectivity index (χ3v) is 5.94. The van der Waals surface area contributed by atoms with E-state index in [2.05, 4.69) is 13.8 Å². The van der Waals surface area contributed by atoms with Crippen molar-refractivity contribution in [3.05, 3.63) is 83.9 Å². The van der Waals surface area contributed by atoms with Gasteiger partial charge in [-0.1, -0.05) is 84.4 Å². The summed E-state index contributed by atoms with van der Waals surface area (Å²) in [7, 11) is 0. The highest BCUT2D eigenvalue weighted by molar-refractivity contribution is 6.09. The van der Waals surface area contributed by atoms with Gasteiger partial charge in [-0.2, -0.15) is 0 Å². The Labute approximate surface area is 225 Å². The molecule has 0 atom stereocenters. The monoisotopic (exact) mass is 510 g/mol. The molecule has 0 aliphatic heterocycles. The van der Waals surface area contributed by atoms with Crippen LogP contribution in [0.3, 0.4) is 0 Å². The standard InChI is InChI=1S/C29H24O4.C3H8.C2H6/c1-3-9-25(31)21-17-22(28-14-18-10-5-7-12-26(18)32-28)20(24(30)4-2)16-23(21)29-15-19-11-6-8-13-27(19)33-29;1-3-2;1-2/h5-8,10-17H,3-4,9H2,1-2H3;3H2,1-2H3;1-2H3. The molecule has 0 unspecified atom stereocenters. The third kappa shape index (κ3) is 6.13. The van der Waals surface area contributed by atoms with Gasteiger partial charge in [-0.15, -0.1) is 0 Å².